The van der Waals surface area contributed by atoms with E-state index >= 15 is 0 Å². The van der Waals surface area contributed by atoms with E-state index in [1.807, 2.05) is 19.9 Å². The molecular weight excluding hydrogens is 462 g/mol. The van der Waals surface area contributed by atoms with Crippen LogP contribution in [-0.2, 0) is 4.79 Å². The molecule has 1 aromatic heterocycles. The maximum Gasteiger partial charge on any atom is 0.234 e. The summed E-state index contributed by atoms with van der Waals surface area (Å²) in [6.45, 7) is 3.69. The van der Waals surface area contributed by atoms with Gasteiger partial charge in [-0.15, -0.1) is 0 Å². The molecule has 0 fully saturated rings. The van der Waals surface area contributed by atoms with Crippen LogP contribution < -0.4 is 11.1 Å². The van der Waals surface area contributed by atoms with Gasteiger partial charge in [-0.3, -0.25) is 14.4 Å². The van der Waals surface area contributed by atoms with E-state index in [9.17, 15) is 24.9 Å². The molecule has 1 amide bonds. The lowest BCUT2D eigenvalue weighted by Gasteiger charge is -2.18. The number of nitrogen functional groups attached to an aromatic ring is 1. The predicted molar refractivity (Wildman–Crippen MR) is 131 cm³/mol. The Morgan fingerprint density at radius 3 is 2.20 bits per heavy atom. The highest BCUT2D eigenvalue weighted by Gasteiger charge is 2.29. The lowest BCUT2D eigenvalue weighted by Crippen LogP contribution is -2.21. The SMILES string of the molecule is CC(C)c1c(C#N)c(N)nc(SCC(=O)Nc2ccc3c(c2)C(=O)c2ccccc2C3=O)c1C#N. The van der Waals surface area contributed by atoms with Crippen molar-refractivity contribution >= 4 is 40.7 Å². The number of carbonyl (C=O) groups is 3. The molecule has 1 aliphatic rings. The van der Waals surface area contributed by atoms with E-state index in [2.05, 4.69) is 16.4 Å². The van der Waals surface area contributed by atoms with Crippen LogP contribution >= 0.6 is 11.8 Å². The summed E-state index contributed by atoms with van der Waals surface area (Å²) in [6, 6.07) is 15.3. The number of anilines is 2. The van der Waals surface area contributed by atoms with E-state index in [0.717, 1.165) is 11.8 Å². The van der Waals surface area contributed by atoms with E-state index < -0.39 is 5.91 Å². The average molecular weight is 482 g/mol. The Kier molecular flexibility index (Phi) is 6.37. The number of nitriles is 2. The third kappa shape index (κ3) is 4.25. The largest absolute Gasteiger partial charge is 0.383 e. The fourth-order valence-electron chi connectivity index (χ4n) is 4.01. The number of hydrogen-bond acceptors (Lipinski definition) is 8. The van der Waals surface area contributed by atoms with Gasteiger partial charge in [0.25, 0.3) is 0 Å². The molecule has 4 rings (SSSR count). The number of pyridine rings is 1. The number of nitrogens with one attached hydrogen (secondary N) is 1. The van der Waals surface area contributed by atoms with Crippen molar-refractivity contribution in [3.8, 4) is 12.1 Å². The number of carbonyl (C=O) groups excluding carboxylic acids is 3. The molecule has 0 spiro atoms. The summed E-state index contributed by atoms with van der Waals surface area (Å²) in [5, 5.41) is 22.1. The van der Waals surface area contributed by atoms with Crippen LogP contribution in [0.3, 0.4) is 0 Å². The summed E-state index contributed by atoms with van der Waals surface area (Å²) in [5.41, 5.74) is 8.40. The lowest BCUT2D eigenvalue weighted by atomic mass is 9.84. The molecule has 1 aliphatic carbocycles. The van der Waals surface area contributed by atoms with Crippen LogP contribution in [0.5, 0.6) is 0 Å². The number of hydrogen-bond donors (Lipinski definition) is 2. The van der Waals surface area contributed by atoms with Crippen LogP contribution in [0.2, 0.25) is 0 Å². The molecule has 3 N–H and O–H groups in total. The van der Waals surface area contributed by atoms with Crippen molar-refractivity contribution in [1.82, 2.24) is 4.98 Å². The summed E-state index contributed by atoms with van der Waals surface area (Å²) in [6.07, 6.45) is 0. The second kappa shape index (κ2) is 9.41. The number of rotatable bonds is 5. The lowest BCUT2D eigenvalue weighted by molar-refractivity contribution is -0.113. The zero-order chi connectivity index (χ0) is 25.3. The molecule has 0 atom stereocenters. The third-order valence-electron chi connectivity index (χ3n) is 5.58. The zero-order valence-electron chi connectivity index (χ0n) is 18.9. The molecule has 9 heteroatoms. The van der Waals surface area contributed by atoms with E-state index in [4.69, 9.17) is 5.73 Å². The molecule has 3 aromatic rings. The first kappa shape index (κ1) is 23.7. The van der Waals surface area contributed by atoms with Crippen LogP contribution in [0.15, 0.2) is 47.5 Å². The summed E-state index contributed by atoms with van der Waals surface area (Å²) in [7, 11) is 0. The van der Waals surface area contributed by atoms with Gasteiger partial charge in [0.1, 0.15) is 23.0 Å². The minimum absolute atomic E-state index is 0.0104. The summed E-state index contributed by atoms with van der Waals surface area (Å²) >= 11 is 1.03. The van der Waals surface area contributed by atoms with Gasteiger partial charge >= 0.3 is 0 Å². The summed E-state index contributed by atoms with van der Waals surface area (Å²) in [5.74, 6) is -1.13. The normalized spacial score (nSPS) is 11.9. The van der Waals surface area contributed by atoms with E-state index in [-0.39, 0.29) is 50.8 Å². The van der Waals surface area contributed by atoms with Gasteiger partial charge in [0.2, 0.25) is 5.91 Å². The van der Waals surface area contributed by atoms with Gasteiger partial charge in [-0.05, 0) is 29.7 Å². The van der Waals surface area contributed by atoms with Crippen LogP contribution in [0.1, 0.15) is 68.3 Å². The number of ketones is 2. The monoisotopic (exact) mass is 481 g/mol. The van der Waals surface area contributed by atoms with E-state index in [1.165, 1.54) is 12.1 Å². The number of nitrogens with zero attached hydrogens (tertiary/aromatic N) is 3. The van der Waals surface area contributed by atoms with E-state index in [0.29, 0.717) is 27.9 Å². The Morgan fingerprint density at radius 2 is 1.60 bits per heavy atom. The second-order valence-corrected chi connectivity index (χ2v) is 9.11. The maximum atomic E-state index is 12.9. The summed E-state index contributed by atoms with van der Waals surface area (Å²) in [4.78, 5) is 42.5. The Labute approximate surface area is 205 Å². The Hall–Kier alpha value is -4.47. The number of benzene rings is 2. The van der Waals surface area contributed by atoms with Crippen LogP contribution in [0.4, 0.5) is 11.5 Å². The standard InChI is InChI=1S/C26H19N5O3S/c1-13(2)22-19(10-27)25(29)31-26(20(22)11-28)35-12-21(32)30-14-7-8-17-18(9-14)24(34)16-6-4-3-5-15(16)23(17)33/h3-9,13H,12H2,1-2H3,(H2,29,31)(H,30,32). The van der Waals surface area contributed by atoms with Crippen LogP contribution in [-0.4, -0.2) is 28.2 Å². The number of amides is 1. The number of nitrogens with two attached hydrogens (primary N) is 1. The van der Waals surface area contributed by atoms with Crippen molar-refractivity contribution < 1.29 is 14.4 Å². The third-order valence-corrected chi connectivity index (χ3v) is 6.56. The fraction of sp³-hybridized carbons (Fsp3) is 0.154. The Balaban J connectivity index is 1.54. The van der Waals surface area contributed by atoms with Crippen molar-refractivity contribution in [2.75, 3.05) is 16.8 Å². The topological polar surface area (TPSA) is 150 Å². The molecule has 0 radical (unpaired) electrons. The van der Waals surface area contributed by atoms with Gasteiger partial charge in [0, 0.05) is 27.9 Å². The highest BCUT2D eigenvalue weighted by molar-refractivity contribution is 8.00. The van der Waals surface area contributed by atoms with Crippen molar-refractivity contribution in [2.24, 2.45) is 0 Å². The molecule has 0 unspecified atom stereocenters. The maximum absolute atomic E-state index is 12.9. The van der Waals surface area contributed by atoms with Gasteiger partial charge in [0.05, 0.1) is 16.9 Å². The molecule has 1 heterocycles. The number of fused-ring (bicyclic) bond motifs is 2. The van der Waals surface area contributed by atoms with Crippen molar-refractivity contribution in [2.45, 2.75) is 24.8 Å². The molecule has 35 heavy (non-hydrogen) atoms. The fourth-order valence-corrected chi connectivity index (χ4v) is 4.82. The molecule has 0 saturated heterocycles. The molecular formula is C26H19N5O3S. The van der Waals surface area contributed by atoms with Gasteiger partial charge in [-0.1, -0.05) is 49.9 Å². The van der Waals surface area contributed by atoms with Crippen molar-refractivity contribution in [1.29, 1.82) is 10.5 Å². The molecule has 172 valence electrons. The van der Waals surface area contributed by atoms with Crippen molar-refractivity contribution in [3.63, 3.8) is 0 Å². The smallest absolute Gasteiger partial charge is 0.234 e. The first-order valence-electron chi connectivity index (χ1n) is 10.7. The molecule has 0 bridgehead atoms. The summed E-state index contributed by atoms with van der Waals surface area (Å²) < 4.78 is 0. The average Bonchev–Trinajstić information content (AvgIpc) is 2.85. The molecule has 0 saturated carbocycles. The first-order chi connectivity index (χ1) is 16.8. The van der Waals surface area contributed by atoms with Crippen molar-refractivity contribution in [3.05, 3.63) is 81.4 Å². The zero-order valence-corrected chi connectivity index (χ0v) is 19.7. The van der Waals surface area contributed by atoms with E-state index in [1.54, 1.807) is 30.3 Å². The minimum Gasteiger partial charge on any atom is -0.383 e. The predicted octanol–water partition coefficient (Wildman–Crippen LogP) is 4.04. The molecule has 2 aromatic carbocycles. The van der Waals surface area contributed by atoms with Gasteiger partial charge in [0.15, 0.2) is 11.6 Å². The van der Waals surface area contributed by atoms with Gasteiger partial charge in [-0.2, -0.15) is 10.5 Å². The first-order valence-corrected chi connectivity index (χ1v) is 11.6. The Bertz CT molecular complexity index is 1500. The number of thioether (sulfide) groups is 1. The van der Waals surface area contributed by atoms with Gasteiger partial charge in [-0.25, -0.2) is 4.98 Å². The Morgan fingerprint density at radius 1 is 1.00 bits per heavy atom. The molecule has 0 aliphatic heterocycles. The highest BCUT2D eigenvalue weighted by Crippen LogP contribution is 2.33. The molecule has 8 nitrogen and oxygen atoms in total. The second-order valence-electron chi connectivity index (χ2n) is 8.15. The van der Waals surface area contributed by atoms with Crippen LogP contribution in [0, 0.1) is 22.7 Å². The quantitative estimate of drug-likeness (QED) is 0.406. The minimum atomic E-state index is -0.398. The highest BCUT2D eigenvalue weighted by atomic mass is 32.2. The number of aromatic nitrogens is 1. The van der Waals surface area contributed by atoms with Gasteiger partial charge < -0.3 is 11.1 Å². The van der Waals surface area contributed by atoms with Crippen LogP contribution in [0.25, 0.3) is 0 Å².